The predicted molar refractivity (Wildman–Crippen MR) is 81.4 cm³/mol. The second kappa shape index (κ2) is 5.71. The van der Waals surface area contributed by atoms with E-state index < -0.39 is 5.97 Å². The van der Waals surface area contributed by atoms with Crippen LogP contribution in [0.25, 0.3) is 16.9 Å². The lowest BCUT2D eigenvalue weighted by Gasteiger charge is -2.03. The van der Waals surface area contributed by atoms with E-state index in [4.69, 9.17) is 10.3 Å². The lowest BCUT2D eigenvalue weighted by atomic mass is 10.1. The molecule has 1 heterocycles. The molecule has 110 valence electrons. The van der Waals surface area contributed by atoms with Gasteiger partial charge in [-0.2, -0.15) is 5.10 Å². The van der Waals surface area contributed by atoms with E-state index in [2.05, 4.69) is 10.6 Å². The number of benzene rings is 2. The summed E-state index contributed by atoms with van der Waals surface area (Å²) in [5.74, 6) is -0.964. The van der Waals surface area contributed by atoms with Gasteiger partial charge < -0.3 is 5.11 Å². The van der Waals surface area contributed by atoms with Crippen LogP contribution < -0.4 is 5.48 Å². The summed E-state index contributed by atoms with van der Waals surface area (Å²) in [6.45, 7) is 0. The summed E-state index contributed by atoms with van der Waals surface area (Å²) in [7, 11) is 0. The molecule has 1 aromatic heterocycles. The number of carboxylic acids is 1. The SMILES string of the molecule is O=C(O)c1cccc(-c2ccn(-c3ccc(NO)cc3)n2)c1. The molecule has 0 saturated heterocycles. The molecule has 0 amide bonds. The maximum atomic E-state index is 11.0. The Bertz CT molecular complexity index is 810. The number of hydrogen-bond acceptors (Lipinski definition) is 4. The molecular weight excluding hydrogens is 282 g/mol. The molecule has 3 N–H and O–H groups in total. The maximum absolute atomic E-state index is 11.0. The van der Waals surface area contributed by atoms with E-state index in [1.165, 1.54) is 0 Å². The third kappa shape index (κ3) is 2.68. The highest BCUT2D eigenvalue weighted by Crippen LogP contribution is 2.20. The smallest absolute Gasteiger partial charge is 0.335 e. The van der Waals surface area contributed by atoms with Crippen LogP contribution in [0.5, 0.6) is 0 Å². The third-order valence-electron chi connectivity index (χ3n) is 3.26. The summed E-state index contributed by atoms with van der Waals surface area (Å²) < 4.78 is 1.68. The zero-order chi connectivity index (χ0) is 15.5. The molecule has 0 unspecified atom stereocenters. The van der Waals surface area contributed by atoms with Crippen molar-refractivity contribution in [1.29, 1.82) is 0 Å². The summed E-state index contributed by atoms with van der Waals surface area (Å²) in [6, 6.07) is 15.5. The fourth-order valence-corrected chi connectivity index (χ4v) is 2.12. The Hall–Kier alpha value is -3.12. The van der Waals surface area contributed by atoms with Crippen molar-refractivity contribution in [1.82, 2.24) is 9.78 Å². The van der Waals surface area contributed by atoms with E-state index in [0.717, 1.165) is 11.3 Å². The fourth-order valence-electron chi connectivity index (χ4n) is 2.12. The number of nitrogens with one attached hydrogen (secondary N) is 1. The quantitative estimate of drug-likeness (QED) is 0.644. The van der Waals surface area contributed by atoms with Crippen LogP contribution >= 0.6 is 0 Å². The predicted octanol–water partition coefficient (Wildman–Crippen LogP) is 3.04. The second-order valence-electron chi connectivity index (χ2n) is 4.69. The highest BCUT2D eigenvalue weighted by atomic mass is 16.5. The third-order valence-corrected chi connectivity index (χ3v) is 3.26. The highest BCUT2D eigenvalue weighted by molar-refractivity contribution is 5.89. The lowest BCUT2D eigenvalue weighted by Crippen LogP contribution is -1.97. The van der Waals surface area contributed by atoms with Crippen LogP contribution in [0.15, 0.2) is 60.8 Å². The molecule has 0 bridgehead atoms. The molecule has 0 fully saturated rings. The molecule has 0 aliphatic carbocycles. The van der Waals surface area contributed by atoms with Gasteiger partial charge in [-0.25, -0.2) is 9.48 Å². The van der Waals surface area contributed by atoms with Gasteiger partial charge in [0.15, 0.2) is 0 Å². The first-order valence-corrected chi connectivity index (χ1v) is 6.57. The molecule has 0 saturated carbocycles. The molecule has 6 heteroatoms. The highest BCUT2D eigenvalue weighted by Gasteiger charge is 2.07. The van der Waals surface area contributed by atoms with Gasteiger partial charge in [-0.3, -0.25) is 10.7 Å². The first kappa shape index (κ1) is 13.8. The van der Waals surface area contributed by atoms with Crippen molar-refractivity contribution < 1.29 is 15.1 Å². The number of nitrogens with zero attached hydrogens (tertiary/aromatic N) is 2. The van der Waals surface area contributed by atoms with E-state index in [1.807, 2.05) is 24.3 Å². The molecule has 22 heavy (non-hydrogen) atoms. The van der Waals surface area contributed by atoms with Gasteiger partial charge in [-0.05, 0) is 42.5 Å². The topological polar surface area (TPSA) is 87.4 Å². The minimum atomic E-state index is -0.964. The summed E-state index contributed by atoms with van der Waals surface area (Å²) in [5, 5.41) is 22.3. The molecule has 0 atom stereocenters. The van der Waals surface area contributed by atoms with Crippen molar-refractivity contribution in [2.75, 3.05) is 5.48 Å². The summed E-state index contributed by atoms with van der Waals surface area (Å²) in [4.78, 5) is 11.0. The van der Waals surface area contributed by atoms with E-state index >= 15 is 0 Å². The second-order valence-corrected chi connectivity index (χ2v) is 4.69. The number of carbonyl (C=O) groups is 1. The monoisotopic (exact) mass is 295 g/mol. The fraction of sp³-hybridized carbons (Fsp3) is 0. The van der Waals surface area contributed by atoms with Gasteiger partial charge in [0.2, 0.25) is 0 Å². The molecule has 0 aliphatic rings. The summed E-state index contributed by atoms with van der Waals surface area (Å²) in [5.41, 5.74) is 5.15. The number of aromatic carboxylic acids is 1. The summed E-state index contributed by atoms with van der Waals surface area (Å²) >= 11 is 0. The average Bonchev–Trinajstić information content (AvgIpc) is 3.05. The van der Waals surface area contributed by atoms with E-state index in [1.54, 1.807) is 41.2 Å². The Labute approximate surface area is 126 Å². The Morgan fingerprint density at radius 3 is 2.55 bits per heavy atom. The van der Waals surface area contributed by atoms with Crippen LogP contribution in [-0.2, 0) is 0 Å². The molecule has 6 nitrogen and oxygen atoms in total. The zero-order valence-electron chi connectivity index (χ0n) is 11.5. The van der Waals surface area contributed by atoms with Crippen molar-refractivity contribution in [3.63, 3.8) is 0 Å². The normalized spacial score (nSPS) is 10.4. The zero-order valence-corrected chi connectivity index (χ0v) is 11.5. The first-order chi connectivity index (χ1) is 10.7. The number of carboxylic acid groups (broad SMARTS) is 1. The van der Waals surface area contributed by atoms with Gasteiger partial charge in [0.05, 0.1) is 22.6 Å². The largest absolute Gasteiger partial charge is 0.478 e. The van der Waals surface area contributed by atoms with Crippen molar-refractivity contribution >= 4 is 11.7 Å². The molecular formula is C16H13N3O3. The molecule has 3 rings (SSSR count). The number of hydrogen-bond donors (Lipinski definition) is 3. The van der Waals surface area contributed by atoms with Gasteiger partial charge in [0, 0.05) is 11.8 Å². The minimum Gasteiger partial charge on any atom is -0.478 e. The van der Waals surface area contributed by atoms with Crippen molar-refractivity contribution in [2.45, 2.75) is 0 Å². The van der Waals surface area contributed by atoms with Gasteiger partial charge in [0.1, 0.15) is 0 Å². The molecule has 0 aliphatic heterocycles. The Morgan fingerprint density at radius 2 is 1.86 bits per heavy atom. The molecule has 0 radical (unpaired) electrons. The van der Waals surface area contributed by atoms with Crippen LogP contribution in [0, 0.1) is 0 Å². The van der Waals surface area contributed by atoms with Crippen LogP contribution in [0.1, 0.15) is 10.4 Å². The van der Waals surface area contributed by atoms with Gasteiger partial charge >= 0.3 is 5.97 Å². The van der Waals surface area contributed by atoms with Crippen LogP contribution in [0.4, 0.5) is 5.69 Å². The van der Waals surface area contributed by atoms with E-state index in [0.29, 0.717) is 11.4 Å². The van der Waals surface area contributed by atoms with Crippen LogP contribution in [-0.4, -0.2) is 26.1 Å². The standard InChI is InChI=1S/C16H13N3O3/c20-16(21)12-3-1-2-11(10-12)15-8-9-19(17-15)14-6-4-13(18-22)5-7-14/h1-10,18,22H,(H,20,21). The van der Waals surface area contributed by atoms with Gasteiger partial charge in [0.25, 0.3) is 0 Å². The van der Waals surface area contributed by atoms with E-state index in [9.17, 15) is 4.79 Å². The van der Waals surface area contributed by atoms with Crippen molar-refractivity contribution in [3.05, 3.63) is 66.4 Å². The molecule has 2 aromatic carbocycles. The Kier molecular flexibility index (Phi) is 3.59. The Morgan fingerprint density at radius 1 is 1.09 bits per heavy atom. The molecule has 0 spiro atoms. The summed E-state index contributed by atoms with van der Waals surface area (Å²) in [6.07, 6.45) is 1.80. The lowest BCUT2D eigenvalue weighted by molar-refractivity contribution is 0.0697. The average molecular weight is 295 g/mol. The number of rotatable bonds is 4. The van der Waals surface area contributed by atoms with Gasteiger partial charge in [-0.15, -0.1) is 0 Å². The first-order valence-electron chi connectivity index (χ1n) is 6.57. The van der Waals surface area contributed by atoms with Crippen LogP contribution in [0.2, 0.25) is 0 Å². The number of anilines is 1. The number of aromatic nitrogens is 2. The van der Waals surface area contributed by atoms with Gasteiger partial charge in [-0.1, -0.05) is 12.1 Å². The van der Waals surface area contributed by atoms with Crippen molar-refractivity contribution in [3.8, 4) is 16.9 Å². The molecule has 3 aromatic rings. The Balaban J connectivity index is 1.93. The minimum absolute atomic E-state index is 0.227. The van der Waals surface area contributed by atoms with E-state index in [-0.39, 0.29) is 5.56 Å². The maximum Gasteiger partial charge on any atom is 0.335 e. The van der Waals surface area contributed by atoms with Crippen LogP contribution in [0.3, 0.4) is 0 Å². The van der Waals surface area contributed by atoms with Crippen molar-refractivity contribution in [2.24, 2.45) is 0 Å².